The maximum Gasteiger partial charge on any atom is 0.337 e. The van der Waals surface area contributed by atoms with Gasteiger partial charge in [-0.25, -0.2) is 4.79 Å². The zero-order chi connectivity index (χ0) is 15.2. The Morgan fingerprint density at radius 2 is 1.81 bits per heavy atom. The topological polar surface area (TPSA) is 67.3 Å². The standard InChI is InChI=1S/C16H13NO3S/c18-15(12-4-2-1-3-5-12)8-14(21)7-11-6-13(16(19)20)10-17-9-11/h1-6,9-10H,7-8H2,(H,19,20). The third kappa shape index (κ3) is 4.29. The Bertz CT molecular complexity index is 683. The number of carboxylic acids is 1. The van der Waals surface area contributed by atoms with E-state index < -0.39 is 5.97 Å². The van der Waals surface area contributed by atoms with Crippen LogP contribution in [0.4, 0.5) is 0 Å². The molecule has 0 aliphatic carbocycles. The van der Waals surface area contributed by atoms with Crippen LogP contribution < -0.4 is 0 Å². The van der Waals surface area contributed by atoms with E-state index in [1.807, 2.05) is 6.07 Å². The SMILES string of the molecule is O=C(O)c1cncc(CC(=S)CC(=O)c2ccccc2)c1. The molecule has 0 unspecified atom stereocenters. The molecule has 2 aromatic rings. The lowest BCUT2D eigenvalue weighted by Gasteiger charge is -2.04. The molecule has 1 heterocycles. The number of carbonyl (C=O) groups excluding carboxylic acids is 1. The number of hydrogen-bond donors (Lipinski definition) is 1. The Labute approximate surface area is 127 Å². The van der Waals surface area contributed by atoms with Crippen LogP contribution in [0.2, 0.25) is 0 Å². The van der Waals surface area contributed by atoms with Gasteiger partial charge in [-0.3, -0.25) is 9.78 Å². The minimum atomic E-state index is -1.03. The highest BCUT2D eigenvalue weighted by Gasteiger charge is 2.10. The van der Waals surface area contributed by atoms with E-state index in [1.165, 1.54) is 12.3 Å². The molecular weight excluding hydrogens is 286 g/mol. The van der Waals surface area contributed by atoms with E-state index in [9.17, 15) is 9.59 Å². The molecule has 0 spiro atoms. The van der Waals surface area contributed by atoms with Gasteiger partial charge >= 0.3 is 5.97 Å². The number of aromatic carboxylic acids is 1. The molecule has 21 heavy (non-hydrogen) atoms. The lowest BCUT2D eigenvalue weighted by Crippen LogP contribution is -2.09. The number of carboxylic acid groups (broad SMARTS) is 1. The summed E-state index contributed by atoms with van der Waals surface area (Å²) >= 11 is 5.23. The van der Waals surface area contributed by atoms with Crippen molar-refractivity contribution in [3.8, 4) is 0 Å². The van der Waals surface area contributed by atoms with Gasteiger partial charge in [0.1, 0.15) is 0 Å². The van der Waals surface area contributed by atoms with Gasteiger partial charge in [0.05, 0.1) is 5.56 Å². The first-order valence-electron chi connectivity index (χ1n) is 6.33. The summed E-state index contributed by atoms with van der Waals surface area (Å²) in [5.41, 5.74) is 1.43. The van der Waals surface area contributed by atoms with Gasteiger partial charge in [-0.1, -0.05) is 42.5 Å². The van der Waals surface area contributed by atoms with E-state index in [1.54, 1.807) is 30.5 Å². The summed E-state index contributed by atoms with van der Waals surface area (Å²) in [6.07, 6.45) is 3.37. The number of benzene rings is 1. The maximum absolute atomic E-state index is 12.0. The zero-order valence-corrected chi connectivity index (χ0v) is 12.0. The quantitative estimate of drug-likeness (QED) is 0.656. The smallest absolute Gasteiger partial charge is 0.337 e. The van der Waals surface area contributed by atoms with Gasteiger partial charge < -0.3 is 5.11 Å². The van der Waals surface area contributed by atoms with Gasteiger partial charge in [-0.05, 0) is 11.6 Å². The summed E-state index contributed by atoms with van der Waals surface area (Å²) in [4.78, 5) is 27.3. The number of pyridine rings is 1. The molecule has 0 atom stereocenters. The third-order valence-corrected chi connectivity index (χ3v) is 3.19. The van der Waals surface area contributed by atoms with Crippen molar-refractivity contribution in [3.05, 3.63) is 65.5 Å². The van der Waals surface area contributed by atoms with E-state index in [0.29, 0.717) is 22.4 Å². The van der Waals surface area contributed by atoms with E-state index in [4.69, 9.17) is 17.3 Å². The van der Waals surface area contributed by atoms with Gasteiger partial charge in [-0.2, -0.15) is 0 Å². The van der Waals surface area contributed by atoms with Crippen molar-refractivity contribution in [2.45, 2.75) is 12.8 Å². The highest BCUT2D eigenvalue weighted by Crippen LogP contribution is 2.09. The fraction of sp³-hybridized carbons (Fsp3) is 0.125. The van der Waals surface area contributed by atoms with E-state index in [0.717, 1.165) is 0 Å². The van der Waals surface area contributed by atoms with Gasteiger partial charge in [0.25, 0.3) is 0 Å². The van der Waals surface area contributed by atoms with Crippen LogP contribution in [0.1, 0.15) is 32.7 Å². The largest absolute Gasteiger partial charge is 0.478 e. The van der Waals surface area contributed by atoms with Crippen LogP contribution in [0.5, 0.6) is 0 Å². The molecule has 0 fully saturated rings. The van der Waals surface area contributed by atoms with Crippen LogP contribution >= 0.6 is 12.2 Å². The van der Waals surface area contributed by atoms with Crippen molar-refractivity contribution in [1.82, 2.24) is 4.98 Å². The first-order valence-corrected chi connectivity index (χ1v) is 6.74. The Kier molecular flexibility index (Phi) is 4.90. The maximum atomic E-state index is 12.0. The number of hydrogen-bond acceptors (Lipinski definition) is 4. The molecule has 0 saturated carbocycles. The molecule has 1 aromatic heterocycles. The summed E-state index contributed by atoms with van der Waals surface area (Å²) in [7, 11) is 0. The summed E-state index contributed by atoms with van der Waals surface area (Å²) < 4.78 is 0. The van der Waals surface area contributed by atoms with Crippen LogP contribution in [0.3, 0.4) is 0 Å². The summed E-state index contributed by atoms with van der Waals surface area (Å²) in [5.74, 6) is -1.07. The number of carbonyl (C=O) groups is 2. The highest BCUT2D eigenvalue weighted by atomic mass is 32.1. The van der Waals surface area contributed by atoms with E-state index >= 15 is 0 Å². The molecule has 1 aromatic carbocycles. The second-order valence-electron chi connectivity index (χ2n) is 4.57. The molecule has 2 rings (SSSR count). The third-order valence-electron chi connectivity index (χ3n) is 2.90. The van der Waals surface area contributed by atoms with Gasteiger partial charge in [-0.15, -0.1) is 0 Å². The lowest BCUT2D eigenvalue weighted by atomic mass is 10.0. The van der Waals surface area contributed by atoms with E-state index in [-0.39, 0.29) is 17.8 Å². The van der Waals surface area contributed by atoms with Crippen molar-refractivity contribution in [2.24, 2.45) is 0 Å². The molecule has 0 amide bonds. The Morgan fingerprint density at radius 1 is 1.10 bits per heavy atom. The predicted molar refractivity (Wildman–Crippen MR) is 82.9 cm³/mol. The second-order valence-corrected chi connectivity index (χ2v) is 5.15. The van der Waals surface area contributed by atoms with Crippen molar-refractivity contribution < 1.29 is 14.7 Å². The molecule has 0 aliphatic rings. The van der Waals surface area contributed by atoms with Crippen molar-refractivity contribution >= 4 is 28.8 Å². The lowest BCUT2D eigenvalue weighted by molar-refractivity contribution is 0.0696. The van der Waals surface area contributed by atoms with Crippen LogP contribution in [-0.2, 0) is 6.42 Å². The van der Waals surface area contributed by atoms with Crippen LogP contribution in [0, 0.1) is 0 Å². The molecule has 106 valence electrons. The molecule has 5 heteroatoms. The average molecular weight is 299 g/mol. The van der Waals surface area contributed by atoms with Crippen LogP contribution in [0.15, 0.2) is 48.8 Å². The number of aromatic nitrogens is 1. The van der Waals surface area contributed by atoms with Crippen LogP contribution in [0.25, 0.3) is 0 Å². The average Bonchev–Trinajstić information content (AvgIpc) is 2.48. The molecular formula is C16H13NO3S. The number of ketones is 1. The van der Waals surface area contributed by atoms with Crippen LogP contribution in [-0.4, -0.2) is 26.7 Å². The first-order chi connectivity index (χ1) is 10.1. The number of rotatable bonds is 6. The molecule has 0 aliphatic heterocycles. The Hall–Kier alpha value is -2.40. The normalized spacial score (nSPS) is 10.1. The molecule has 1 N–H and O–H groups in total. The summed E-state index contributed by atoms with van der Waals surface area (Å²) in [6.45, 7) is 0. The number of thiocarbonyl (C=S) groups is 1. The Balaban J connectivity index is 2.00. The van der Waals surface area contributed by atoms with Gasteiger partial charge in [0.15, 0.2) is 5.78 Å². The van der Waals surface area contributed by atoms with Crippen molar-refractivity contribution in [2.75, 3.05) is 0 Å². The van der Waals surface area contributed by atoms with Crippen molar-refractivity contribution in [3.63, 3.8) is 0 Å². The minimum absolute atomic E-state index is 0.0389. The number of Topliss-reactive ketones (excluding diaryl/α,β-unsaturated/α-hetero) is 1. The minimum Gasteiger partial charge on any atom is -0.478 e. The Morgan fingerprint density at radius 3 is 2.48 bits per heavy atom. The fourth-order valence-electron chi connectivity index (χ4n) is 1.90. The predicted octanol–water partition coefficient (Wildman–Crippen LogP) is 2.97. The molecule has 0 saturated heterocycles. The van der Waals surface area contributed by atoms with Gasteiger partial charge in [0, 0.05) is 35.7 Å². The van der Waals surface area contributed by atoms with Gasteiger partial charge in [0.2, 0.25) is 0 Å². The van der Waals surface area contributed by atoms with Crippen molar-refractivity contribution in [1.29, 1.82) is 0 Å². The zero-order valence-electron chi connectivity index (χ0n) is 11.2. The summed E-state index contributed by atoms with van der Waals surface area (Å²) in [5, 5.41) is 8.91. The van der Waals surface area contributed by atoms with E-state index in [2.05, 4.69) is 4.98 Å². The second kappa shape index (κ2) is 6.85. The molecule has 0 radical (unpaired) electrons. The molecule has 4 nitrogen and oxygen atoms in total. The fourth-order valence-corrected chi connectivity index (χ4v) is 2.19. The first kappa shape index (κ1) is 15.0. The monoisotopic (exact) mass is 299 g/mol. The summed E-state index contributed by atoms with van der Waals surface area (Å²) in [6, 6.07) is 10.5. The molecule has 0 bridgehead atoms. The highest BCUT2D eigenvalue weighted by molar-refractivity contribution is 7.80. The number of nitrogens with zero attached hydrogens (tertiary/aromatic N) is 1.